The van der Waals surface area contributed by atoms with Crippen molar-refractivity contribution in [2.45, 2.75) is 33.6 Å². The molecule has 5 nitrogen and oxygen atoms in total. The molecule has 0 spiro atoms. The van der Waals surface area contributed by atoms with Crippen LogP contribution in [0.1, 0.15) is 29.7 Å². The van der Waals surface area contributed by atoms with E-state index in [1.54, 1.807) is 4.90 Å². The largest absolute Gasteiger partial charge is 0.461 e. The number of likely N-dealkylation sites (tertiary alicyclic amines) is 1. The number of rotatable bonds is 0. The molecule has 1 saturated heterocycles. The first-order valence-electron chi connectivity index (χ1n) is 8.05. The van der Waals surface area contributed by atoms with Gasteiger partial charge in [0.2, 0.25) is 5.91 Å². The number of fused-ring (bicyclic) bond motifs is 2. The monoisotopic (exact) mass is 327 g/mol. The van der Waals surface area contributed by atoms with Crippen LogP contribution < -0.4 is 5.63 Å². The van der Waals surface area contributed by atoms with Crippen LogP contribution in [-0.4, -0.2) is 24.4 Å². The van der Waals surface area contributed by atoms with Crippen LogP contribution >= 0.6 is 0 Å². The summed E-state index contributed by atoms with van der Waals surface area (Å²) in [5.41, 5.74) is 2.91. The maximum absolute atomic E-state index is 11.4. The van der Waals surface area contributed by atoms with Crippen LogP contribution in [0.4, 0.5) is 0 Å². The van der Waals surface area contributed by atoms with Crippen LogP contribution in [0.2, 0.25) is 0 Å². The van der Waals surface area contributed by atoms with Gasteiger partial charge in [0.15, 0.2) is 0 Å². The van der Waals surface area contributed by atoms with Gasteiger partial charge in [0.1, 0.15) is 16.9 Å². The fraction of sp³-hybridized carbons (Fsp3) is 0.368. The van der Waals surface area contributed by atoms with Crippen LogP contribution in [0.15, 0.2) is 31.8 Å². The average Bonchev–Trinajstić information content (AvgIpc) is 3.07. The van der Waals surface area contributed by atoms with E-state index in [1.807, 2.05) is 40.0 Å². The molecule has 5 heteroatoms. The van der Waals surface area contributed by atoms with Gasteiger partial charge in [0.25, 0.3) is 0 Å². The molecule has 0 N–H and O–H groups in total. The maximum Gasteiger partial charge on any atom is 0.336 e. The number of amides is 1. The van der Waals surface area contributed by atoms with E-state index >= 15 is 0 Å². The molecule has 0 atom stereocenters. The van der Waals surface area contributed by atoms with Crippen LogP contribution in [0, 0.1) is 20.8 Å². The second-order valence-electron chi connectivity index (χ2n) is 6.32. The van der Waals surface area contributed by atoms with E-state index in [0.717, 1.165) is 52.6 Å². The molecule has 4 rings (SSSR count). The lowest BCUT2D eigenvalue weighted by atomic mass is 10.1. The molecule has 3 aromatic rings. The van der Waals surface area contributed by atoms with Crippen molar-refractivity contribution in [1.29, 1.82) is 0 Å². The Hall–Kier alpha value is -2.56. The van der Waals surface area contributed by atoms with Gasteiger partial charge in [-0.3, -0.25) is 4.79 Å². The highest BCUT2D eigenvalue weighted by molar-refractivity contribution is 5.98. The van der Waals surface area contributed by atoms with E-state index in [1.165, 1.54) is 6.07 Å². The van der Waals surface area contributed by atoms with Crippen molar-refractivity contribution in [3.63, 3.8) is 0 Å². The Morgan fingerprint density at radius 2 is 1.75 bits per heavy atom. The Bertz CT molecular complexity index is 980. The van der Waals surface area contributed by atoms with Gasteiger partial charge >= 0.3 is 5.63 Å². The van der Waals surface area contributed by atoms with Crippen molar-refractivity contribution >= 4 is 27.8 Å². The van der Waals surface area contributed by atoms with E-state index in [0.29, 0.717) is 11.5 Å². The van der Waals surface area contributed by atoms with Gasteiger partial charge in [-0.05, 0) is 44.9 Å². The normalized spacial score (nSPS) is 14.3. The summed E-state index contributed by atoms with van der Waals surface area (Å²) in [6.45, 7) is 6.69. The number of nitrogens with zero attached hydrogens (tertiary/aromatic N) is 1. The van der Waals surface area contributed by atoms with Gasteiger partial charge in [0, 0.05) is 42.4 Å². The van der Waals surface area contributed by atoms with Gasteiger partial charge in [-0.25, -0.2) is 4.79 Å². The molecule has 0 radical (unpaired) electrons. The highest BCUT2D eigenvalue weighted by atomic mass is 16.4. The summed E-state index contributed by atoms with van der Waals surface area (Å²) in [6, 6.07) is 5.51. The highest BCUT2D eigenvalue weighted by Crippen LogP contribution is 2.30. The van der Waals surface area contributed by atoms with E-state index in [2.05, 4.69) is 0 Å². The Balaban J connectivity index is 0.000000203. The number of carbonyl (C=O) groups is 1. The van der Waals surface area contributed by atoms with Crippen molar-refractivity contribution in [3.05, 3.63) is 45.5 Å². The first kappa shape index (κ1) is 16.3. The third-order valence-corrected chi connectivity index (χ3v) is 4.38. The lowest BCUT2D eigenvalue weighted by molar-refractivity contribution is -0.126. The first-order chi connectivity index (χ1) is 11.4. The molecule has 126 valence electrons. The fourth-order valence-corrected chi connectivity index (χ4v) is 3.05. The van der Waals surface area contributed by atoms with Crippen LogP contribution in [0.3, 0.4) is 0 Å². The lowest BCUT2D eigenvalue weighted by Gasteiger charge is -2.03. The second-order valence-corrected chi connectivity index (χ2v) is 6.32. The SMILES string of the molecule is CN1CCCC1=O.Cc1cc2cc3c(C)cc(=O)oc3c(C)c2o1. The van der Waals surface area contributed by atoms with E-state index in [4.69, 9.17) is 8.83 Å². The number of hydrogen-bond donors (Lipinski definition) is 0. The minimum Gasteiger partial charge on any atom is -0.461 e. The molecule has 1 aromatic carbocycles. The Labute approximate surface area is 139 Å². The Morgan fingerprint density at radius 3 is 2.33 bits per heavy atom. The minimum atomic E-state index is -0.319. The summed E-state index contributed by atoms with van der Waals surface area (Å²) >= 11 is 0. The molecular weight excluding hydrogens is 306 g/mol. The smallest absolute Gasteiger partial charge is 0.336 e. The first-order valence-corrected chi connectivity index (χ1v) is 8.05. The molecule has 1 amide bonds. The molecule has 0 saturated carbocycles. The van der Waals surface area contributed by atoms with Crippen LogP contribution in [-0.2, 0) is 4.79 Å². The molecule has 0 aliphatic carbocycles. The van der Waals surface area contributed by atoms with Gasteiger partial charge in [-0.1, -0.05) is 0 Å². The van der Waals surface area contributed by atoms with Gasteiger partial charge in [-0.15, -0.1) is 0 Å². The third kappa shape index (κ3) is 2.94. The van der Waals surface area contributed by atoms with E-state index < -0.39 is 0 Å². The zero-order chi connectivity index (χ0) is 17.4. The molecule has 3 heterocycles. The minimum absolute atomic E-state index is 0.292. The van der Waals surface area contributed by atoms with Crippen molar-refractivity contribution in [2.75, 3.05) is 13.6 Å². The quantitative estimate of drug-likeness (QED) is 0.591. The average molecular weight is 327 g/mol. The molecular formula is C19H21NO4. The van der Waals surface area contributed by atoms with Crippen molar-refractivity contribution in [1.82, 2.24) is 4.90 Å². The number of carbonyl (C=O) groups excluding carboxylic acids is 1. The van der Waals surface area contributed by atoms with Crippen LogP contribution in [0.5, 0.6) is 0 Å². The predicted molar refractivity (Wildman–Crippen MR) is 93.3 cm³/mol. The zero-order valence-electron chi connectivity index (χ0n) is 14.4. The van der Waals surface area contributed by atoms with Crippen LogP contribution in [0.25, 0.3) is 21.9 Å². The molecule has 1 fully saturated rings. The second kappa shape index (κ2) is 6.15. The van der Waals surface area contributed by atoms with Crippen molar-refractivity contribution in [3.8, 4) is 0 Å². The Morgan fingerprint density at radius 1 is 1.00 bits per heavy atom. The highest BCUT2D eigenvalue weighted by Gasteiger charge is 2.14. The molecule has 0 bridgehead atoms. The Kier molecular flexibility index (Phi) is 4.18. The topological polar surface area (TPSA) is 63.7 Å². The number of hydrogen-bond acceptors (Lipinski definition) is 4. The maximum atomic E-state index is 11.4. The molecule has 1 aliphatic heterocycles. The summed E-state index contributed by atoms with van der Waals surface area (Å²) in [5.74, 6) is 1.15. The summed E-state index contributed by atoms with van der Waals surface area (Å²) < 4.78 is 10.9. The van der Waals surface area contributed by atoms with Gasteiger partial charge < -0.3 is 13.7 Å². The standard InChI is InChI=1S/C14H12O3.C5H9NO/c1-7-4-12(15)17-14-9(3)13-10(6-11(7)14)5-8(2)16-13;1-6-4-2-3-5(6)7/h4-6H,1-3H3;2-4H2,1H3. The molecule has 0 unspecified atom stereocenters. The van der Waals surface area contributed by atoms with Crippen molar-refractivity contribution < 1.29 is 13.6 Å². The van der Waals surface area contributed by atoms with E-state index in [9.17, 15) is 9.59 Å². The predicted octanol–water partition coefficient (Wildman–Crippen LogP) is 3.70. The van der Waals surface area contributed by atoms with Gasteiger partial charge in [-0.2, -0.15) is 0 Å². The number of benzene rings is 1. The fourth-order valence-electron chi connectivity index (χ4n) is 3.05. The number of furan rings is 1. The number of aryl methyl sites for hydroxylation is 3. The summed E-state index contributed by atoms with van der Waals surface area (Å²) in [5, 5.41) is 2.01. The van der Waals surface area contributed by atoms with Crippen molar-refractivity contribution in [2.24, 2.45) is 0 Å². The lowest BCUT2D eigenvalue weighted by Crippen LogP contribution is -2.17. The summed E-state index contributed by atoms with van der Waals surface area (Å²) in [7, 11) is 1.84. The van der Waals surface area contributed by atoms with E-state index in [-0.39, 0.29) is 5.63 Å². The molecule has 2 aromatic heterocycles. The molecule has 24 heavy (non-hydrogen) atoms. The molecule has 1 aliphatic rings. The third-order valence-electron chi connectivity index (χ3n) is 4.38. The summed E-state index contributed by atoms with van der Waals surface area (Å²) in [4.78, 5) is 23.7. The zero-order valence-corrected chi connectivity index (χ0v) is 14.4. The van der Waals surface area contributed by atoms with Gasteiger partial charge in [0.05, 0.1) is 0 Å². The summed E-state index contributed by atoms with van der Waals surface area (Å²) in [6.07, 6.45) is 1.81.